The van der Waals surface area contributed by atoms with Gasteiger partial charge >= 0.3 is 0 Å². The molecule has 0 bridgehead atoms. The Morgan fingerprint density at radius 1 is 0.552 bits per heavy atom. The summed E-state index contributed by atoms with van der Waals surface area (Å²) in [5.41, 5.74) is 6.29. The summed E-state index contributed by atoms with van der Waals surface area (Å²) in [6.45, 7) is 0. The Kier molecular flexibility index (Phi) is 6.19. The van der Waals surface area contributed by atoms with E-state index in [9.17, 15) is 0 Å². The summed E-state index contributed by atoms with van der Waals surface area (Å²) in [7, 11) is 0. The Labute approximate surface area is 173 Å². The molecule has 0 spiro atoms. The minimum Gasteiger partial charge on any atom is -0.314 e. The molecule has 0 unspecified atom stereocenters. The highest BCUT2D eigenvalue weighted by Crippen LogP contribution is 2.33. The fraction of sp³-hybridized carbons (Fsp3) is 0.0714. The molecule has 0 amide bonds. The smallest absolute Gasteiger partial charge is 0.0458 e. The van der Waals surface area contributed by atoms with E-state index >= 15 is 0 Å². The van der Waals surface area contributed by atoms with Crippen LogP contribution >= 0.6 is 0 Å². The van der Waals surface area contributed by atoms with Crippen molar-refractivity contribution in [2.75, 3.05) is 4.90 Å². The average Bonchev–Trinajstić information content (AvgIpc) is 2.80. The van der Waals surface area contributed by atoms with Gasteiger partial charge in [-0.3, -0.25) is 0 Å². The van der Waals surface area contributed by atoms with Gasteiger partial charge < -0.3 is 4.90 Å². The lowest BCUT2D eigenvalue weighted by molar-refractivity contribution is 0.891. The van der Waals surface area contributed by atoms with Crippen molar-refractivity contribution >= 4 is 17.5 Å². The monoisotopic (exact) mass is 375 g/mol. The van der Waals surface area contributed by atoms with Crippen LogP contribution in [0.4, 0.5) is 11.4 Å². The Hall–Kier alpha value is -3.58. The number of nitrogens with zero attached hydrogens (tertiary/aromatic N) is 1. The summed E-state index contributed by atoms with van der Waals surface area (Å²) in [5.74, 6) is 0. The van der Waals surface area contributed by atoms with Crippen LogP contribution in [0.25, 0.3) is 6.08 Å². The highest BCUT2D eigenvalue weighted by atomic mass is 15.1. The minimum atomic E-state index is 1.02. The van der Waals surface area contributed by atoms with Gasteiger partial charge in [0, 0.05) is 17.1 Å². The molecule has 3 aromatic carbocycles. The summed E-state index contributed by atoms with van der Waals surface area (Å²) in [5, 5.41) is 0. The van der Waals surface area contributed by atoms with Crippen LogP contribution in [-0.2, 0) is 0 Å². The van der Waals surface area contributed by atoms with E-state index in [1.54, 1.807) is 0 Å². The zero-order chi connectivity index (χ0) is 19.7. The number of para-hydroxylation sites is 2. The SMILES string of the molecule is C1=C(/C=C/C=C/c2ccccc2)CCC(N(c2ccccc2)c2ccccc2)=C1. The Balaban J connectivity index is 1.52. The van der Waals surface area contributed by atoms with Gasteiger partial charge in [0.2, 0.25) is 0 Å². The van der Waals surface area contributed by atoms with E-state index in [4.69, 9.17) is 0 Å². The average molecular weight is 376 g/mol. The molecule has 0 heterocycles. The van der Waals surface area contributed by atoms with Crippen LogP contribution in [0, 0.1) is 0 Å². The quantitative estimate of drug-likeness (QED) is 0.399. The Morgan fingerprint density at radius 3 is 1.66 bits per heavy atom. The van der Waals surface area contributed by atoms with Crippen LogP contribution in [0.1, 0.15) is 18.4 Å². The first kappa shape index (κ1) is 18.8. The molecule has 0 fully saturated rings. The molecule has 0 saturated carbocycles. The molecule has 1 heteroatoms. The molecule has 0 atom stereocenters. The van der Waals surface area contributed by atoms with Crippen molar-refractivity contribution in [2.45, 2.75) is 12.8 Å². The second-order valence-electron chi connectivity index (χ2n) is 7.04. The summed E-state index contributed by atoms with van der Waals surface area (Å²) in [6.07, 6.45) is 15.1. The lowest BCUT2D eigenvalue weighted by Crippen LogP contribution is -2.17. The molecule has 1 nitrogen and oxygen atoms in total. The van der Waals surface area contributed by atoms with E-state index in [-0.39, 0.29) is 0 Å². The third kappa shape index (κ3) is 5.03. The second-order valence-corrected chi connectivity index (χ2v) is 7.04. The molecule has 0 N–H and O–H groups in total. The largest absolute Gasteiger partial charge is 0.314 e. The van der Waals surface area contributed by atoms with Gasteiger partial charge in [0.25, 0.3) is 0 Å². The van der Waals surface area contributed by atoms with Crippen LogP contribution < -0.4 is 4.90 Å². The first-order valence-corrected chi connectivity index (χ1v) is 10.1. The van der Waals surface area contributed by atoms with E-state index in [1.165, 1.54) is 28.2 Å². The maximum Gasteiger partial charge on any atom is 0.0458 e. The molecule has 0 saturated heterocycles. The molecule has 1 aliphatic carbocycles. The zero-order valence-electron chi connectivity index (χ0n) is 16.5. The van der Waals surface area contributed by atoms with Gasteiger partial charge in [-0.25, -0.2) is 0 Å². The molecule has 4 rings (SSSR count). The van der Waals surface area contributed by atoms with Gasteiger partial charge in [0.15, 0.2) is 0 Å². The van der Waals surface area contributed by atoms with E-state index in [1.807, 2.05) is 6.07 Å². The minimum absolute atomic E-state index is 1.02. The van der Waals surface area contributed by atoms with E-state index in [2.05, 4.69) is 126 Å². The highest BCUT2D eigenvalue weighted by Gasteiger charge is 2.16. The molecule has 0 aliphatic heterocycles. The first-order valence-electron chi connectivity index (χ1n) is 10.1. The van der Waals surface area contributed by atoms with E-state index in [0.29, 0.717) is 0 Å². The number of benzene rings is 3. The topological polar surface area (TPSA) is 3.24 Å². The van der Waals surface area contributed by atoms with E-state index < -0.39 is 0 Å². The van der Waals surface area contributed by atoms with Crippen molar-refractivity contribution in [3.63, 3.8) is 0 Å². The zero-order valence-corrected chi connectivity index (χ0v) is 16.5. The van der Waals surface area contributed by atoms with Crippen LogP contribution in [0.2, 0.25) is 0 Å². The first-order chi connectivity index (χ1) is 14.4. The summed E-state index contributed by atoms with van der Waals surface area (Å²) in [6, 6.07) is 31.6. The number of allylic oxidation sites excluding steroid dienone is 7. The third-order valence-electron chi connectivity index (χ3n) is 4.99. The van der Waals surface area contributed by atoms with Crippen LogP contribution in [0.15, 0.2) is 133 Å². The van der Waals surface area contributed by atoms with Crippen LogP contribution in [-0.4, -0.2) is 0 Å². The van der Waals surface area contributed by atoms with Crippen molar-refractivity contribution < 1.29 is 0 Å². The van der Waals surface area contributed by atoms with Crippen molar-refractivity contribution in [3.8, 4) is 0 Å². The number of hydrogen-bond acceptors (Lipinski definition) is 1. The Bertz CT molecular complexity index is 986. The number of anilines is 2. The van der Waals surface area contributed by atoms with Crippen molar-refractivity contribution in [1.82, 2.24) is 0 Å². The maximum atomic E-state index is 2.35. The normalized spacial score (nSPS) is 14.1. The summed E-state index contributed by atoms with van der Waals surface area (Å²) >= 11 is 0. The molecule has 0 aromatic heterocycles. The summed E-state index contributed by atoms with van der Waals surface area (Å²) < 4.78 is 0. The van der Waals surface area contributed by atoms with Crippen LogP contribution in [0.3, 0.4) is 0 Å². The van der Waals surface area contributed by atoms with Gasteiger partial charge in [-0.1, -0.05) is 97.1 Å². The predicted octanol–water partition coefficient (Wildman–Crippen LogP) is 7.70. The third-order valence-corrected chi connectivity index (χ3v) is 4.99. The highest BCUT2D eigenvalue weighted by molar-refractivity contribution is 5.69. The van der Waals surface area contributed by atoms with Crippen LogP contribution in [0.5, 0.6) is 0 Å². The van der Waals surface area contributed by atoms with E-state index in [0.717, 1.165) is 12.8 Å². The van der Waals surface area contributed by atoms with Gasteiger partial charge in [0.05, 0.1) is 0 Å². The second kappa shape index (κ2) is 9.57. The number of rotatable bonds is 6. The lowest BCUT2D eigenvalue weighted by atomic mass is 10.00. The Morgan fingerprint density at radius 2 is 1.10 bits per heavy atom. The molecular weight excluding hydrogens is 350 g/mol. The molecule has 29 heavy (non-hydrogen) atoms. The van der Waals surface area contributed by atoms with Gasteiger partial charge in [-0.2, -0.15) is 0 Å². The van der Waals surface area contributed by atoms with Gasteiger partial charge in [-0.15, -0.1) is 0 Å². The van der Waals surface area contributed by atoms with Crippen molar-refractivity contribution in [2.24, 2.45) is 0 Å². The van der Waals surface area contributed by atoms with Gasteiger partial charge in [-0.05, 0) is 54.3 Å². The molecule has 142 valence electrons. The standard InChI is InChI=1S/C28H25N/c1-4-12-24(13-5-1)14-10-11-15-25-20-22-28(23-21-25)29(26-16-6-2-7-17-26)27-18-8-3-9-19-27/h1-20,22H,21,23H2/b14-10+,15-11+. The molecule has 0 radical (unpaired) electrons. The van der Waals surface area contributed by atoms with Crippen molar-refractivity contribution in [3.05, 3.63) is 138 Å². The van der Waals surface area contributed by atoms with Gasteiger partial charge in [0.1, 0.15) is 0 Å². The number of hydrogen-bond donors (Lipinski definition) is 0. The molecule has 1 aliphatic rings. The molecular formula is C28H25N. The predicted molar refractivity (Wildman–Crippen MR) is 125 cm³/mol. The van der Waals surface area contributed by atoms with Crippen molar-refractivity contribution in [1.29, 1.82) is 0 Å². The summed E-state index contributed by atoms with van der Waals surface area (Å²) in [4.78, 5) is 2.35. The molecule has 3 aromatic rings. The fourth-order valence-electron chi connectivity index (χ4n) is 3.51. The fourth-order valence-corrected chi connectivity index (χ4v) is 3.51. The lowest BCUT2D eigenvalue weighted by Gasteiger charge is -2.29. The maximum absolute atomic E-state index is 2.35.